The van der Waals surface area contributed by atoms with Crippen LogP contribution >= 0.6 is 0 Å². The van der Waals surface area contributed by atoms with Crippen LogP contribution in [0.15, 0.2) is 35.9 Å². The summed E-state index contributed by atoms with van der Waals surface area (Å²) in [5.74, 6) is 0.600. The molecule has 2 rings (SSSR count). The predicted octanol–water partition coefficient (Wildman–Crippen LogP) is 1.66. The van der Waals surface area contributed by atoms with Crippen LogP contribution in [0.5, 0.6) is 0 Å². The zero-order valence-electron chi connectivity index (χ0n) is 13.6. The molecule has 1 aromatic rings. The molecule has 1 atom stereocenters. The number of rotatable bonds is 4. The Morgan fingerprint density at radius 3 is 2.68 bits per heavy atom. The van der Waals surface area contributed by atoms with Crippen molar-refractivity contribution in [2.75, 3.05) is 30.3 Å². The summed E-state index contributed by atoms with van der Waals surface area (Å²) >= 11 is 0. The topological polar surface area (TPSA) is 87.3 Å². The molecule has 1 unspecified atom stereocenters. The number of piperazine rings is 1. The van der Waals surface area contributed by atoms with Gasteiger partial charge in [-0.2, -0.15) is 0 Å². The third-order valence-electron chi connectivity index (χ3n) is 4.52. The standard InChI is InChI=1S/C16H25N5O/c1-5-16(4,10-22)11(2)14-12(3)18-6-7-21(14)15-19-8-13(17)9-20-15/h8-9,18,22H,3,5-7,10,17H2,1-2,4H3/b14-11+. The van der Waals surface area contributed by atoms with Crippen molar-refractivity contribution in [1.29, 1.82) is 0 Å². The molecule has 0 bridgehead atoms. The molecular formula is C16H25N5O. The average Bonchev–Trinajstić information content (AvgIpc) is 2.54. The lowest BCUT2D eigenvalue weighted by Gasteiger charge is -2.38. The summed E-state index contributed by atoms with van der Waals surface area (Å²) in [7, 11) is 0. The van der Waals surface area contributed by atoms with Crippen molar-refractivity contribution in [2.24, 2.45) is 5.41 Å². The summed E-state index contributed by atoms with van der Waals surface area (Å²) in [6.45, 7) is 11.9. The van der Waals surface area contributed by atoms with E-state index in [0.717, 1.165) is 36.5 Å². The maximum Gasteiger partial charge on any atom is 0.230 e. The fourth-order valence-electron chi connectivity index (χ4n) is 2.56. The van der Waals surface area contributed by atoms with E-state index < -0.39 is 0 Å². The van der Waals surface area contributed by atoms with Gasteiger partial charge >= 0.3 is 0 Å². The SMILES string of the molecule is C=C1NCCN(c2ncc(N)cn2)/C1=C(\C)C(C)(CC)CO. The molecular weight excluding hydrogens is 278 g/mol. The molecule has 0 spiro atoms. The number of nitrogens with zero attached hydrogens (tertiary/aromatic N) is 3. The van der Waals surface area contributed by atoms with Gasteiger partial charge in [0.15, 0.2) is 0 Å². The highest BCUT2D eigenvalue weighted by Crippen LogP contribution is 2.36. The summed E-state index contributed by atoms with van der Waals surface area (Å²) in [4.78, 5) is 10.7. The third kappa shape index (κ3) is 2.92. The Hall–Kier alpha value is -2.08. The minimum absolute atomic E-state index is 0.0859. The lowest BCUT2D eigenvalue weighted by Crippen LogP contribution is -2.43. The second kappa shape index (κ2) is 6.36. The first-order valence-corrected chi connectivity index (χ1v) is 7.53. The van der Waals surface area contributed by atoms with Gasteiger partial charge in [-0.15, -0.1) is 0 Å². The molecule has 1 aliphatic heterocycles. The van der Waals surface area contributed by atoms with Crippen LogP contribution in [0.25, 0.3) is 0 Å². The van der Waals surface area contributed by atoms with Gasteiger partial charge in [0.25, 0.3) is 0 Å². The van der Waals surface area contributed by atoms with Crippen LogP contribution in [0.2, 0.25) is 0 Å². The number of aliphatic hydroxyl groups excluding tert-OH is 1. The highest BCUT2D eigenvalue weighted by atomic mass is 16.3. The molecule has 0 radical (unpaired) electrons. The Morgan fingerprint density at radius 1 is 1.50 bits per heavy atom. The summed E-state index contributed by atoms with van der Waals surface area (Å²) in [6.07, 6.45) is 4.04. The third-order valence-corrected chi connectivity index (χ3v) is 4.52. The number of nitrogen functional groups attached to an aromatic ring is 1. The van der Waals surface area contributed by atoms with E-state index in [1.165, 1.54) is 0 Å². The second-order valence-corrected chi connectivity index (χ2v) is 5.92. The zero-order chi connectivity index (χ0) is 16.3. The molecule has 22 heavy (non-hydrogen) atoms. The Morgan fingerprint density at radius 2 is 2.14 bits per heavy atom. The van der Waals surface area contributed by atoms with Gasteiger partial charge in [0.05, 0.1) is 36.1 Å². The quantitative estimate of drug-likeness (QED) is 0.784. The van der Waals surface area contributed by atoms with Gasteiger partial charge in [0, 0.05) is 18.5 Å². The summed E-state index contributed by atoms with van der Waals surface area (Å²) in [5, 5.41) is 13.1. The van der Waals surface area contributed by atoms with Crippen LogP contribution in [0.4, 0.5) is 11.6 Å². The molecule has 4 N–H and O–H groups in total. The van der Waals surface area contributed by atoms with Crippen molar-refractivity contribution in [1.82, 2.24) is 15.3 Å². The van der Waals surface area contributed by atoms with Crippen LogP contribution < -0.4 is 16.0 Å². The van der Waals surface area contributed by atoms with E-state index in [2.05, 4.69) is 35.7 Å². The maximum absolute atomic E-state index is 9.82. The molecule has 120 valence electrons. The van der Waals surface area contributed by atoms with Crippen molar-refractivity contribution >= 4 is 11.6 Å². The first-order chi connectivity index (χ1) is 10.4. The summed E-state index contributed by atoms with van der Waals surface area (Å²) in [6, 6.07) is 0. The Labute approximate surface area is 131 Å². The number of hydrogen-bond donors (Lipinski definition) is 3. The number of nitrogens with two attached hydrogens (primary N) is 1. The fourth-order valence-corrected chi connectivity index (χ4v) is 2.56. The van der Waals surface area contributed by atoms with E-state index in [1.54, 1.807) is 12.4 Å². The number of nitrogens with one attached hydrogen (secondary N) is 1. The van der Waals surface area contributed by atoms with E-state index in [0.29, 0.717) is 11.6 Å². The normalized spacial score (nSPS) is 20.4. The van der Waals surface area contributed by atoms with Gasteiger partial charge in [-0.25, -0.2) is 9.97 Å². The molecule has 0 saturated carbocycles. The van der Waals surface area contributed by atoms with Crippen molar-refractivity contribution in [3.05, 3.63) is 35.9 Å². The zero-order valence-corrected chi connectivity index (χ0v) is 13.6. The maximum atomic E-state index is 9.82. The summed E-state index contributed by atoms with van der Waals surface area (Å²) in [5.41, 5.74) is 8.77. The molecule has 0 aromatic carbocycles. The van der Waals surface area contributed by atoms with E-state index in [1.807, 2.05) is 11.8 Å². The molecule has 1 saturated heterocycles. The molecule has 1 aliphatic rings. The van der Waals surface area contributed by atoms with Crippen LogP contribution in [0, 0.1) is 5.41 Å². The van der Waals surface area contributed by atoms with Gasteiger partial charge in [-0.05, 0) is 18.9 Å². The molecule has 1 aromatic heterocycles. The van der Waals surface area contributed by atoms with Crippen LogP contribution in [-0.2, 0) is 0 Å². The first kappa shape index (κ1) is 16.3. The monoisotopic (exact) mass is 303 g/mol. The van der Waals surface area contributed by atoms with Gasteiger partial charge < -0.3 is 21.1 Å². The Kier molecular flexibility index (Phi) is 4.71. The minimum Gasteiger partial charge on any atom is -0.396 e. The van der Waals surface area contributed by atoms with Crippen molar-refractivity contribution < 1.29 is 5.11 Å². The van der Waals surface area contributed by atoms with E-state index in [9.17, 15) is 5.11 Å². The van der Waals surface area contributed by atoms with Crippen molar-refractivity contribution in [3.8, 4) is 0 Å². The van der Waals surface area contributed by atoms with Crippen LogP contribution in [0.3, 0.4) is 0 Å². The number of aromatic nitrogens is 2. The lowest BCUT2D eigenvalue weighted by atomic mass is 9.79. The molecule has 1 fully saturated rings. The largest absolute Gasteiger partial charge is 0.396 e. The van der Waals surface area contributed by atoms with Crippen molar-refractivity contribution in [3.63, 3.8) is 0 Å². The van der Waals surface area contributed by atoms with E-state index >= 15 is 0 Å². The molecule has 2 heterocycles. The number of aliphatic hydroxyl groups is 1. The smallest absolute Gasteiger partial charge is 0.230 e. The van der Waals surface area contributed by atoms with E-state index in [4.69, 9.17) is 5.73 Å². The first-order valence-electron chi connectivity index (χ1n) is 7.53. The predicted molar refractivity (Wildman–Crippen MR) is 89.1 cm³/mol. The van der Waals surface area contributed by atoms with E-state index in [-0.39, 0.29) is 12.0 Å². The highest BCUT2D eigenvalue weighted by Gasteiger charge is 2.31. The molecule has 0 aliphatic carbocycles. The molecule has 6 heteroatoms. The van der Waals surface area contributed by atoms with Gasteiger partial charge in [0.1, 0.15) is 0 Å². The van der Waals surface area contributed by atoms with Crippen LogP contribution in [0.1, 0.15) is 27.2 Å². The highest BCUT2D eigenvalue weighted by molar-refractivity contribution is 5.53. The van der Waals surface area contributed by atoms with Gasteiger partial charge in [-0.3, -0.25) is 0 Å². The van der Waals surface area contributed by atoms with Gasteiger partial charge in [-0.1, -0.05) is 20.4 Å². The van der Waals surface area contributed by atoms with Gasteiger partial charge in [0.2, 0.25) is 5.95 Å². The second-order valence-electron chi connectivity index (χ2n) is 5.92. The lowest BCUT2D eigenvalue weighted by molar-refractivity contribution is 0.169. The Balaban J connectivity index is 2.51. The fraction of sp³-hybridized carbons (Fsp3) is 0.500. The van der Waals surface area contributed by atoms with Crippen molar-refractivity contribution in [2.45, 2.75) is 27.2 Å². The minimum atomic E-state index is -0.302. The Bertz CT molecular complexity index is 575. The number of anilines is 2. The average molecular weight is 303 g/mol. The summed E-state index contributed by atoms with van der Waals surface area (Å²) < 4.78 is 0. The number of hydrogen-bond acceptors (Lipinski definition) is 6. The van der Waals surface area contributed by atoms with Crippen LogP contribution in [-0.4, -0.2) is 34.8 Å². The molecule has 6 nitrogen and oxygen atoms in total. The molecule has 0 amide bonds.